The molecule has 2 rings (SSSR count). The Kier molecular flexibility index (Phi) is 5.01. The number of benzene rings is 1. The van der Waals surface area contributed by atoms with Crippen molar-refractivity contribution in [2.24, 2.45) is 0 Å². The number of likely N-dealkylation sites (N-methyl/N-ethyl adjacent to an activating group) is 1. The number of nitrogens with zero attached hydrogens (tertiary/aromatic N) is 2. The van der Waals surface area contributed by atoms with Gasteiger partial charge in [0.2, 0.25) is 0 Å². The van der Waals surface area contributed by atoms with E-state index in [1.807, 2.05) is 26.1 Å². The Labute approximate surface area is 124 Å². The molecule has 1 aromatic heterocycles. The summed E-state index contributed by atoms with van der Waals surface area (Å²) in [5, 5.41) is 7.33. The molecule has 0 aliphatic rings. The number of halogens is 2. The van der Waals surface area contributed by atoms with Gasteiger partial charge in [-0.25, -0.2) is 4.39 Å². The van der Waals surface area contributed by atoms with Crippen molar-refractivity contribution >= 4 is 27.5 Å². The van der Waals surface area contributed by atoms with Gasteiger partial charge in [-0.3, -0.25) is 0 Å². The summed E-state index contributed by atoms with van der Waals surface area (Å²) in [5.41, 5.74) is 1.68. The summed E-state index contributed by atoms with van der Waals surface area (Å²) in [6.45, 7) is 2.05. The Bertz CT molecular complexity index is 559. The molecule has 0 aliphatic carbocycles. The zero-order valence-corrected chi connectivity index (χ0v) is 13.2. The first-order chi connectivity index (χ1) is 9.15. The summed E-state index contributed by atoms with van der Waals surface area (Å²) in [7, 11) is 1.88. The smallest absolute Gasteiger partial charge is 0.127 e. The lowest BCUT2D eigenvalue weighted by atomic mass is 10.0. The zero-order valence-electron chi connectivity index (χ0n) is 10.8. The first-order valence-corrected chi connectivity index (χ1v) is 7.64. The molecule has 1 atom stereocenters. The van der Waals surface area contributed by atoms with Crippen LogP contribution in [0.25, 0.3) is 0 Å². The van der Waals surface area contributed by atoms with E-state index in [-0.39, 0.29) is 11.9 Å². The molecule has 1 N–H and O–H groups in total. The third-order valence-electron chi connectivity index (χ3n) is 3.02. The van der Waals surface area contributed by atoms with Gasteiger partial charge in [0.15, 0.2) is 0 Å². The van der Waals surface area contributed by atoms with Crippen molar-refractivity contribution in [3.8, 4) is 0 Å². The highest BCUT2D eigenvalue weighted by molar-refractivity contribution is 9.10. The minimum atomic E-state index is -0.190. The minimum Gasteiger partial charge on any atom is -0.312 e. The van der Waals surface area contributed by atoms with E-state index in [4.69, 9.17) is 0 Å². The largest absolute Gasteiger partial charge is 0.312 e. The van der Waals surface area contributed by atoms with E-state index in [0.29, 0.717) is 12.0 Å². The molecule has 102 valence electrons. The molecule has 3 nitrogen and oxygen atoms in total. The van der Waals surface area contributed by atoms with Gasteiger partial charge in [0.05, 0.1) is 10.6 Å². The number of aromatic nitrogens is 2. The van der Waals surface area contributed by atoms with Crippen LogP contribution in [-0.4, -0.2) is 16.6 Å². The molecule has 2 aromatic rings. The van der Waals surface area contributed by atoms with Crippen LogP contribution in [0.5, 0.6) is 0 Å². The third kappa shape index (κ3) is 3.38. The number of hydrogen-bond donors (Lipinski definition) is 1. The van der Waals surface area contributed by atoms with Crippen LogP contribution in [0.4, 0.5) is 4.39 Å². The topological polar surface area (TPSA) is 37.8 Å². The molecular weight excluding hydrogens is 329 g/mol. The Morgan fingerprint density at radius 1 is 1.47 bits per heavy atom. The minimum absolute atomic E-state index is 0.0469. The lowest BCUT2D eigenvalue weighted by Crippen LogP contribution is -2.19. The summed E-state index contributed by atoms with van der Waals surface area (Å²) in [6, 6.07) is 5.21. The van der Waals surface area contributed by atoms with Gasteiger partial charge in [0, 0.05) is 10.5 Å². The first-order valence-electron chi connectivity index (χ1n) is 6.08. The summed E-state index contributed by atoms with van der Waals surface area (Å²) >= 11 is 4.65. The molecule has 1 unspecified atom stereocenters. The molecule has 6 heteroatoms. The molecule has 0 spiro atoms. The fourth-order valence-corrected chi connectivity index (χ4v) is 3.14. The van der Waals surface area contributed by atoms with E-state index in [1.54, 1.807) is 0 Å². The van der Waals surface area contributed by atoms with Gasteiger partial charge in [-0.1, -0.05) is 33.4 Å². The highest BCUT2D eigenvalue weighted by atomic mass is 79.9. The fraction of sp³-hybridized carbons (Fsp3) is 0.385. The summed E-state index contributed by atoms with van der Waals surface area (Å²) in [6.07, 6.45) is 1.43. The van der Waals surface area contributed by atoms with Crippen molar-refractivity contribution in [1.82, 2.24) is 14.9 Å². The van der Waals surface area contributed by atoms with Gasteiger partial charge in [0.25, 0.3) is 0 Å². The van der Waals surface area contributed by atoms with Crippen LogP contribution in [-0.2, 0) is 12.8 Å². The van der Waals surface area contributed by atoms with Crippen molar-refractivity contribution in [2.45, 2.75) is 25.8 Å². The van der Waals surface area contributed by atoms with Crippen LogP contribution >= 0.6 is 27.5 Å². The van der Waals surface area contributed by atoms with Crippen LogP contribution in [0.2, 0.25) is 0 Å². The number of nitrogens with one attached hydrogen (secondary N) is 1. The Morgan fingerprint density at radius 2 is 2.26 bits per heavy atom. The molecule has 0 saturated heterocycles. The molecule has 1 heterocycles. The number of hydrogen-bond acceptors (Lipinski definition) is 4. The fourth-order valence-electron chi connectivity index (χ4n) is 1.96. The molecule has 0 bridgehead atoms. The Morgan fingerprint density at radius 3 is 2.89 bits per heavy atom. The standard InChI is InChI=1S/C13H15BrFN3S/c1-3-11-13(19-18-17-11)12(16-2)6-8-4-5-9(14)7-10(8)15/h4-5,7,12,16H,3,6H2,1-2H3. The lowest BCUT2D eigenvalue weighted by Gasteiger charge is -2.15. The molecule has 0 saturated carbocycles. The van der Waals surface area contributed by atoms with Gasteiger partial charge >= 0.3 is 0 Å². The quantitative estimate of drug-likeness (QED) is 0.902. The van der Waals surface area contributed by atoms with Gasteiger partial charge < -0.3 is 5.32 Å². The third-order valence-corrected chi connectivity index (χ3v) is 4.40. The molecule has 0 amide bonds. The van der Waals surface area contributed by atoms with Gasteiger partial charge in [-0.2, -0.15) is 0 Å². The molecule has 0 aliphatic heterocycles. The van der Waals surface area contributed by atoms with Crippen LogP contribution in [0.15, 0.2) is 22.7 Å². The zero-order chi connectivity index (χ0) is 13.8. The Hall–Kier alpha value is -0.850. The monoisotopic (exact) mass is 343 g/mol. The lowest BCUT2D eigenvalue weighted by molar-refractivity contribution is 0.556. The average molecular weight is 344 g/mol. The molecule has 0 radical (unpaired) electrons. The van der Waals surface area contributed by atoms with Crippen LogP contribution in [0.3, 0.4) is 0 Å². The maximum absolute atomic E-state index is 13.9. The van der Waals surface area contributed by atoms with Crippen LogP contribution in [0.1, 0.15) is 29.1 Å². The molecule has 0 fully saturated rings. The molecular formula is C13H15BrFN3S. The average Bonchev–Trinajstić information content (AvgIpc) is 2.86. The summed E-state index contributed by atoms with van der Waals surface area (Å²) in [5.74, 6) is -0.190. The van der Waals surface area contributed by atoms with E-state index in [2.05, 4.69) is 30.8 Å². The van der Waals surface area contributed by atoms with Crippen molar-refractivity contribution in [2.75, 3.05) is 7.05 Å². The molecule has 19 heavy (non-hydrogen) atoms. The summed E-state index contributed by atoms with van der Waals surface area (Å²) < 4.78 is 18.6. The van der Waals surface area contributed by atoms with Gasteiger partial charge in [-0.15, -0.1) is 5.10 Å². The van der Waals surface area contributed by atoms with E-state index in [1.165, 1.54) is 17.6 Å². The maximum Gasteiger partial charge on any atom is 0.127 e. The van der Waals surface area contributed by atoms with E-state index < -0.39 is 0 Å². The van der Waals surface area contributed by atoms with Gasteiger partial charge in [-0.05, 0) is 49.1 Å². The van der Waals surface area contributed by atoms with E-state index in [9.17, 15) is 4.39 Å². The SMILES string of the molecule is CCc1nnsc1C(Cc1ccc(Br)cc1F)NC. The second-order valence-corrected chi connectivity index (χ2v) is 5.92. The normalized spacial score (nSPS) is 12.6. The first kappa shape index (κ1) is 14.6. The second kappa shape index (κ2) is 6.54. The predicted octanol–water partition coefficient (Wildman–Crippen LogP) is 3.51. The highest BCUT2D eigenvalue weighted by Gasteiger charge is 2.18. The van der Waals surface area contributed by atoms with Crippen LogP contribution < -0.4 is 5.32 Å². The summed E-state index contributed by atoms with van der Waals surface area (Å²) in [4.78, 5) is 1.09. The number of aryl methyl sites for hydroxylation is 1. The molecule has 1 aromatic carbocycles. The van der Waals surface area contributed by atoms with Crippen molar-refractivity contribution in [3.05, 3.63) is 44.6 Å². The van der Waals surface area contributed by atoms with E-state index in [0.717, 1.165) is 21.5 Å². The van der Waals surface area contributed by atoms with Crippen molar-refractivity contribution in [3.63, 3.8) is 0 Å². The number of rotatable bonds is 5. The van der Waals surface area contributed by atoms with Crippen LogP contribution in [0, 0.1) is 5.82 Å². The predicted molar refractivity (Wildman–Crippen MR) is 78.9 cm³/mol. The van der Waals surface area contributed by atoms with Crippen molar-refractivity contribution < 1.29 is 4.39 Å². The second-order valence-electron chi connectivity index (χ2n) is 4.22. The van der Waals surface area contributed by atoms with Gasteiger partial charge in [0.1, 0.15) is 5.82 Å². The highest BCUT2D eigenvalue weighted by Crippen LogP contribution is 2.26. The Balaban J connectivity index is 2.24. The maximum atomic E-state index is 13.9. The van der Waals surface area contributed by atoms with E-state index >= 15 is 0 Å². The van der Waals surface area contributed by atoms with Crippen molar-refractivity contribution in [1.29, 1.82) is 0 Å².